The summed E-state index contributed by atoms with van der Waals surface area (Å²) in [6.07, 6.45) is 0.769. The summed E-state index contributed by atoms with van der Waals surface area (Å²) in [5.41, 5.74) is 1.87. The molecule has 0 saturated carbocycles. The Hall–Kier alpha value is -2.42. The van der Waals surface area contributed by atoms with Gasteiger partial charge in [0, 0.05) is 52.4 Å². The highest BCUT2D eigenvalue weighted by molar-refractivity contribution is 6.35. The first-order chi connectivity index (χ1) is 16.1. The van der Waals surface area contributed by atoms with Gasteiger partial charge in [0.1, 0.15) is 11.4 Å². The number of nitrogens with zero attached hydrogens (tertiary/aromatic N) is 4. The Balaban J connectivity index is 1.53. The van der Waals surface area contributed by atoms with E-state index < -0.39 is 0 Å². The van der Waals surface area contributed by atoms with Crippen molar-refractivity contribution in [1.82, 2.24) is 19.6 Å². The second-order valence-electron chi connectivity index (χ2n) is 8.67. The highest BCUT2D eigenvalue weighted by atomic mass is 16.5. The smallest absolute Gasteiger partial charge is 0.277 e. The first-order valence-electron chi connectivity index (χ1n) is 12.2. The summed E-state index contributed by atoms with van der Waals surface area (Å²) in [6, 6.07) is 7.53. The summed E-state index contributed by atoms with van der Waals surface area (Å²) in [5.74, 6) is 0.425. The minimum absolute atomic E-state index is 0.157. The first kappa shape index (κ1) is 23.7. The maximum Gasteiger partial charge on any atom is 0.277 e. The van der Waals surface area contributed by atoms with E-state index in [4.69, 9.17) is 9.47 Å². The van der Waals surface area contributed by atoms with Gasteiger partial charge < -0.3 is 19.3 Å². The summed E-state index contributed by atoms with van der Waals surface area (Å²) < 4.78 is 11.0. The second-order valence-corrected chi connectivity index (χ2v) is 8.67. The lowest BCUT2D eigenvalue weighted by Gasteiger charge is -2.36. The fourth-order valence-corrected chi connectivity index (χ4v) is 4.77. The number of carbonyl (C=O) groups is 2. The lowest BCUT2D eigenvalue weighted by atomic mass is 10.0. The van der Waals surface area contributed by atoms with Crippen LogP contribution in [0.1, 0.15) is 25.8 Å². The van der Waals surface area contributed by atoms with Crippen molar-refractivity contribution in [2.45, 2.75) is 20.3 Å². The Morgan fingerprint density at radius 3 is 2.18 bits per heavy atom. The van der Waals surface area contributed by atoms with Gasteiger partial charge in [0.15, 0.2) is 0 Å². The van der Waals surface area contributed by atoms with Crippen LogP contribution in [0.3, 0.4) is 0 Å². The van der Waals surface area contributed by atoms with E-state index in [1.807, 2.05) is 31.2 Å². The Morgan fingerprint density at radius 1 is 0.848 bits per heavy atom. The Morgan fingerprint density at radius 2 is 1.55 bits per heavy atom. The molecule has 1 aromatic carbocycles. The van der Waals surface area contributed by atoms with Gasteiger partial charge in [0.05, 0.1) is 25.4 Å². The number of piperazine rings is 1. The summed E-state index contributed by atoms with van der Waals surface area (Å²) in [5, 5.41) is 0. The molecular formula is C25H36N4O4. The van der Waals surface area contributed by atoms with Crippen LogP contribution in [0.25, 0.3) is 5.57 Å². The summed E-state index contributed by atoms with van der Waals surface area (Å²) >= 11 is 0. The van der Waals surface area contributed by atoms with E-state index in [-0.39, 0.29) is 11.8 Å². The standard InChI is InChI=1S/C25H36N4O4/c1-3-26-12-14-28(15-13-26)23-22(20-6-8-21(9-7-20)33-4-2)24(30)29(25(23)31)11-5-10-27-16-18-32-19-17-27/h6-9H,3-5,10-19H2,1-2H3. The molecule has 0 N–H and O–H groups in total. The molecule has 0 spiro atoms. The molecule has 0 aliphatic carbocycles. The van der Waals surface area contributed by atoms with Crippen molar-refractivity contribution < 1.29 is 19.1 Å². The van der Waals surface area contributed by atoms with Crippen LogP contribution in [0.5, 0.6) is 5.75 Å². The molecule has 0 aromatic heterocycles. The molecule has 8 nitrogen and oxygen atoms in total. The lowest BCUT2D eigenvalue weighted by molar-refractivity contribution is -0.137. The predicted molar refractivity (Wildman–Crippen MR) is 127 cm³/mol. The molecule has 2 fully saturated rings. The quantitative estimate of drug-likeness (QED) is 0.522. The number of imide groups is 1. The van der Waals surface area contributed by atoms with E-state index in [1.165, 1.54) is 4.90 Å². The van der Waals surface area contributed by atoms with Crippen molar-refractivity contribution in [3.63, 3.8) is 0 Å². The number of amides is 2. The van der Waals surface area contributed by atoms with Crippen LogP contribution >= 0.6 is 0 Å². The maximum atomic E-state index is 13.5. The van der Waals surface area contributed by atoms with E-state index in [1.54, 1.807) is 0 Å². The second kappa shape index (κ2) is 11.1. The van der Waals surface area contributed by atoms with E-state index in [0.717, 1.165) is 83.3 Å². The van der Waals surface area contributed by atoms with Crippen LogP contribution in [-0.2, 0) is 14.3 Å². The van der Waals surface area contributed by atoms with Gasteiger partial charge in [-0.15, -0.1) is 0 Å². The SMILES string of the molecule is CCOc1ccc(C2=C(N3CCN(CC)CC3)C(=O)N(CCCN3CCOCC3)C2=O)cc1. The molecule has 2 saturated heterocycles. The Labute approximate surface area is 196 Å². The van der Waals surface area contributed by atoms with Crippen molar-refractivity contribution in [1.29, 1.82) is 0 Å². The van der Waals surface area contributed by atoms with Gasteiger partial charge in [-0.25, -0.2) is 0 Å². The van der Waals surface area contributed by atoms with Gasteiger partial charge in [-0.1, -0.05) is 19.1 Å². The van der Waals surface area contributed by atoms with E-state index >= 15 is 0 Å². The molecular weight excluding hydrogens is 420 g/mol. The van der Waals surface area contributed by atoms with Gasteiger partial charge in [0.2, 0.25) is 0 Å². The van der Waals surface area contributed by atoms with Crippen molar-refractivity contribution in [3.8, 4) is 5.75 Å². The van der Waals surface area contributed by atoms with Crippen LogP contribution in [-0.4, -0.2) is 110 Å². The van der Waals surface area contributed by atoms with Crippen LogP contribution in [0.15, 0.2) is 30.0 Å². The van der Waals surface area contributed by atoms with Crippen molar-refractivity contribution in [2.24, 2.45) is 0 Å². The van der Waals surface area contributed by atoms with Crippen LogP contribution in [0, 0.1) is 0 Å². The molecule has 0 atom stereocenters. The van der Waals surface area contributed by atoms with Crippen LogP contribution < -0.4 is 4.74 Å². The molecule has 33 heavy (non-hydrogen) atoms. The minimum Gasteiger partial charge on any atom is -0.494 e. The zero-order chi connectivity index (χ0) is 23.2. The fraction of sp³-hybridized carbons (Fsp3) is 0.600. The lowest BCUT2D eigenvalue weighted by Crippen LogP contribution is -2.47. The highest BCUT2D eigenvalue weighted by Crippen LogP contribution is 2.33. The average molecular weight is 457 g/mol. The fourth-order valence-electron chi connectivity index (χ4n) is 4.77. The molecule has 3 aliphatic heterocycles. The third-order valence-electron chi connectivity index (χ3n) is 6.69. The number of carbonyl (C=O) groups excluding carboxylic acids is 2. The number of ether oxygens (including phenoxy) is 2. The molecule has 1 aromatic rings. The van der Waals surface area contributed by atoms with Gasteiger partial charge >= 0.3 is 0 Å². The first-order valence-corrected chi connectivity index (χ1v) is 12.2. The van der Waals surface area contributed by atoms with Gasteiger partial charge in [-0.05, 0) is 37.6 Å². The summed E-state index contributed by atoms with van der Waals surface area (Å²) in [6.45, 7) is 13.6. The van der Waals surface area contributed by atoms with E-state index in [0.29, 0.717) is 24.4 Å². The number of rotatable bonds is 9. The predicted octanol–water partition coefficient (Wildman–Crippen LogP) is 1.53. The summed E-state index contributed by atoms with van der Waals surface area (Å²) in [7, 11) is 0. The van der Waals surface area contributed by atoms with Crippen molar-refractivity contribution in [3.05, 3.63) is 35.5 Å². The van der Waals surface area contributed by atoms with E-state index in [2.05, 4.69) is 21.6 Å². The summed E-state index contributed by atoms with van der Waals surface area (Å²) in [4.78, 5) is 35.3. The number of likely N-dealkylation sites (N-methyl/N-ethyl adjacent to an activating group) is 1. The molecule has 4 rings (SSSR count). The zero-order valence-electron chi connectivity index (χ0n) is 19.9. The van der Waals surface area contributed by atoms with Crippen molar-refractivity contribution >= 4 is 17.4 Å². The monoisotopic (exact) mass is 456 g/mol. The molecule has 0 bridgehead atoms. The Bertz CT molecular complexity index is 856. The van der Waals surface area contributed by atoms with Crippen molar-refractivity contribution in [2.75, 3.05) is 78.7 Å². The maximum absolute atomic E-state index is 13.5. The number of morpholine rings is 1. The number of hydrogen-bond acceptors (Lipinski definition) is 7. The normalized spacial score (nSPS) is 20.8. The molecule has 0 radical (unpaired) electrons. The zero-order valence-corrected chi connectivity index (χ0v) is 19.9. The third kappa shape index (κ3) is 5.39. The Kier molecular flexibility index (Phi) is 8.01. The van der Waals surface area contributed by atoms with Gasteiger partial charge in [-0.2, -0.15) is 0 Å². The van der Waals surface area contributed by atoms with Gasteiger partial charge in [-0.3, -0.25) is 19.4 Å². The van der Waals surface area contributed by atoms with Gasteiger partial charge in [0.25, 0.3) is 11.8 Å². The van der Waals surface area contributed by atoms with Crippen LogP contribution in [0.2, 0.25) is 0 Å². The minimum atomic E-state index is -0.181. The molecule has 180 valence electrons. The molecule has 3 heterocycles. The highest BCUT2D eigenvalue weighted by Gasteiger charge is 2.41. The largest absolute Gasteiger partial charge is 0.494 e. The molecule has 0 unspecified atom stereocenters. The van der Waals surface area contributed by atoms with Crippen LogP contribution in [0.4, 0.5) is 0 Å². The average Bonchev–Trinajstić information content (AvgIpc) is 3.10. The molecule has 3 aliphatic rings. The third-order valence-corrected chi connectivity index (χ3v) is 6.69. The molecule has 2 amide bonds. The number of benzene rings is 1. The molecule has 8 heteroatoms. The number of hydrogen-bond donors (Lipinski definition) is 0. The topological polar surface area (TPSA) is 65.6 Å². The van der Waals surface area contributed by atoms with E-state index in [9.17, 15) is 9.59 Å².